The van der Waals surface area contributed by atoms with Gasteiger partial charge in [0, 0.05) is 30.4 Å². The van der Waals surface area contributed by atoms with Gasteiger partial charge >= 0.3 is 0 Å². The van der Waals surface area contributed by atoms with E-state index in [0.717, 1.165) is 30.8 Å². The van der Waals surface area contributed by atoms with E-state index in [1.54, 1.807) is 18.2 Å². The summed E-state index contributed by atoms with van der Waals surface area (Å²) < 4.78 is 0. The number of carbonyl (C=O) groups is 1. The lowest BCUT2D eigenvalue weighted by Crippen LogP contribution is -2.32. The molecule has 0 aromatic heterocycles. The quantitative estimate of drug-likeness (QED) is 0.762. The largest absolute Gasteiger partial charge is 0.374 e. The predicted molar refractivity (Wildman–Crippen MR) is 104 cm³/mol. The number of allylic oxidation sites excluding steroid dienone is 3. The van der Waals surface area contributed by atoms with Gasteiger partial charge < -0.3 is 10.2 Å². The number of hydrogen-bond donors (Lipinski definition) is 1. The summed E-state index contributed by atoms with van der Waals surface area (Å²) in [5.74, 6) is 0.224. The first-order valence-corrected chi connectivity index (χ1v) is 9.57. The number of hydrogen-bond acceptors (Lipinski definition) is 2. The zero-order valence-corrected chi connectivity index (χ0v) is 16.5. The van der Waals surface area contributed by atoms with E-state index in [0.29, 0.717) is 21.5 Å². The molecule has 0 radical (unpaired) electrons. The molecule has 1 aliphatic carbocycles. The van der Waals surface area contributed by atoms with Crippen LogP contribution in [-0.4, -0.2) is 23.9 Å². The number of nitrogens with one attached hydrogen (secondary N) is 1. The highest BCUT2D eigenvalue weighted by molar-refractivity contribution is 6.39. The molecule has 0 spiro atoms. The van der Waals surface area contributed by atoms with Crippen LogP contribution >= 0.6 is 23.2 Å². The normalized spacial score (nSPS) is 21.2. The Balaban J connectivity index is 1.93. The number of amides is 1. The van der Waals surface area contributed by atoms with Crippen molar-refractivity contribution < 1.29 is 4.79 Å². The van der Waals surface area contributed by atoms with Gasteiger partial charge in [0.05, 0.1) is 15.6 Å². The van der Waals surface area contributed by atoms with Crippen molar-refractivity contribution in [3.05, 3.63) is 56.3 Å². The Morgan fingerprint density at radius 3 is 2.36 bits per heavy atom. The van der Waals surface area contributed by atoms with Crippen molar-refractivity contribution in [3.8, 4) is 0 Å². The van der Waals surface area contributed by atoms with Gasteiger partial charge in [0.15, 0.2) is 0 Å². The molecule has 0 bridgehead atoms. The maximum atomic E-state index is 12.8. The van der Waals surface area contributed by atoms with E-state index in [9.17, 15) is 4.79 Å². The zero-order valence-electron chi connectivity index (χ0n) is 15.0. The number of benzene rings is 1. The SMILES string of the molecule is CC1=C(NC(=O)c2c(Cl)cccc2Cl)C(C)=C(N2CCCC2)C(C)C1. The lowest BCUT2D eigenvalue weighted by Gasteiger charge is -2.34. The van der Waals surface area contributed by atoms with Crippen LogP contribution < -0.4 is 5.32 Å². The van der Waals surface area contributed by atoms with Crippen molar-refractivity contribution in [2.45, 2.75) is 40.0 Å². The molecule has 1 saturated heterocycles. The van der Waals surface area contributed by atoms with E-state index in [1.807, 2.05) is 0 Å². The van der Waals surface area contributed by atoms with Crippen LogP contribution in [0.4, 0.5) is 0 Å². The Morgan fingerprint density at radius 1 is 1.16 bits per heavy atom. The summed E-state index contributed by atoms with van der Waals surface area (Å²) in [5, 5.41) is 3.82. The summed E-state index contributed by atoms with van der Waals surface area (Å²) in [6.07, 6.45) is 3.43. The number of rotatable bonds is 3. The third-order valence-electron chi connectivity index (χ3n) is 5.14. The van der Waals surface area contributed by atoms with Crippen LogP contribution in [0, 0.1) is 5.92 Å². The summed E-state index contributed by atoms with van der Waals surface area (Å²) in [5.41, 5.74) is 4.98. The van der Waals surface area contributed by atoms with Gasteiger partial charge in [-0.3, -0.25) is 4.79 Å². The van der Waals surface area contributed by atoms with Crippen molar-refractivity contribution in [1.82, 2.24) is 10.2 Å². The van der Waals surface area contributed by atoms with E-state index in [1.165, 1.54) is 24.1 Å². The summed E-state index contributed by atoms with van der Waals surface area (Å²) in [4.78, 5) is 15.3. The fraction of sp³-hybridized carbons (Fsp3) is 0.450. The summed E-state index contributed by atoms with van der Waals surface area (Å²) in [6.45, 7) is 8.67. The molecule has 3 rings (SSSR count). The molecule has 134 valence electrons. The first-order valence-electron chi connectivity index (χ1n) is 8.81. The third kappa shape index (κ3) is 3.58. The summed E-state index contributed by atoms with van der Waals surface area (Å²) in [7, 11) is 0. The number of nitrogens with zero attached hydrogens (tertiary/aromatic N) is 1. The van der Waals surface area contributed by atoms with Crippen LogP contribution in [0.5, 0.6) is 0 Å². The molecule has 1 amide bonds. The van der Waals surface area contributed by atoms with E-state index in [-0.39, 0.29) is 5.91 Å². The summed E-state index contributed by atoms with van der Waals surface area (Å²) in [6, 6.07) is 5.11. The first kappa shape index (κ1) is 18.3. The van der Waals surface area contributed by atoms with Crippen LogP contribution in [-0.2, 0) is 0 Å². The fourth-order valence-electron chi connectivity index (χ4n) is 4.07. The van der Waals surface area contributed by atoms with Crippen molar-refractivity contribution in [2.75, 3.05) is 13.1 Å². The molecular formula is C20H24Cl2N2O. The molecule has 1 atom stereocenters. The first-order chi connectivity index (χ1) is 11.9. The highest BCUT2D eigenvalue weighted by Gasteiger charge is 2.29. The minimum atomic E-state index is -0.250. The molecule has 1 aromatic carbocycles. The molecular weight excluding hydrogens is 355 g/mol. The molecule has 5 heteroatoms. The standard InChI is InChI=1S/C20H24Cl2N2O/c1-12-11-13(2)19(24-9-4-5-10-24)14(3)18(12)23-20(25)17-15(21)7-6-8-16(17)22/h6-8,13H,4-5,9-11H2,1-3H3,(H,23,25). The second-order valence-corrected chi connectivity index (χ2v) is 7.83. The van der Waals surface area contributed by atoms with Crippen LogP contribution in [0.3, 0.4) is 0 Å². The number of halogens is 2. The van der Waals surface area contributed by atoms with Crippen molar-refractivity contribution in [1.29, 1.82) is 0 Å². The van der Waals surface area contributed by atoms with Gasteiger partial charge in [-0.2, -0.15) is 0 Å². The van der Waals surface area contributed by atoms with Gasteiger partial charge in [0.2, 0.25) is 0 Å². The van der Waals surface area contributed by atoms with E-state index in [4.69, 9.17) is 23.2 Å². The maximum absolute atomic E-state index is 12.8. The molecule has 3 nitrogen and oxygen atoms in total. The molecule has 1 N–H and O–H groups in total. The Bertz CT molecular complexity index is 741. The highest BCUT2D eigenvalue weighted by Crippen LogP contribution is 2.37. The third-order valence-corrected chi connectivity index (χ3v) is 5.77. The van der Waals surface area contributed by atoms with E-state index < -0.39 is 0 Å². The van der Waals surface area contributed by atoms with E-state index >= 15 is 0 Å². The molecule has 2 aliphatic rings. The lowest BCUT2D eigenvalue weighted by molar-refractivity contribution is 0.0965. The molecule has 1 aromatic rings. The van der Waals surface area contributed by atoms with Crippen molar-refractivity contribution >= 4 is 29.1 Å². The molecule has 0 saturated carbocycles. The predicted octanol–water partition coefficient (Wildman–Crippen LogP) is 5.41. The van der Waals surface area contributed by atoms with Gasteiger partial charge in [0.1, 0.15) is 0 Å². The minimum Gasteiger partial charge on any atom is -0.374 e. The van der Waals surface area contributed by atoms with E-state index in [2.05, 4.69) is 31.0 Å². The van der Waals surface area contributed by atoms with Gasteiger partial charge in [-0.05, 0) is 56.4 Å². The number of likely N-dealkylation sites (tertiary alicyclic amines) is 1. The molecule has 1 heterocycles. The number of carbonyl (C=O) groups excluding carboxylic acids is 1. The molecule has 25 heavy (non-hydrogen) atoms. The average molecular weight is 379 g/mol. The topological polar surface area (TPSA) is 32.3 Å². The minimum absolute atomic E-state index is 0.250. The van der Waals surface area contributed by atoms with Crippen LogP contribution in [0.15, 0.2) is 40.7 Å². The molecule has 1 aliphatic heterocycles. The monoisotopic (exact) mass is 378 g/mol. The van der Waals surface area contributed by atoms with Crippen molar-refractivity contribution in [3.63, 3.8) is 0 Å². The van der Waals surface area contributed by atoms with Crippen LogP contribution in [0.1, 0.15) is 50.4 Å². The lowest BCUT2D eigenvalue weighted by atomic mass is 9.86. The van der Waals surface area contributed by atoms with Crippen LogP contribution in [0.2, 0.25) is 10.0 Å². The fourth-order valence-corrected chi connectivity index (χ4v) is 4.64. The second kappa shape index (κ2) is 7.43. The van der Waals surface area contributed by atoms with Gasteiger partial charge in [0.25, 0.3) is 5.91 Å². The van der Waals surface area contributed by atoms with Gasteiger partial charge in [-0.15, -0.1) is 0 Å². The molecule has 1 unspecified atom stereocenters. The van der Waals surface area contributed by atoms with Gasteiger partial charge in [-0.25, -0.2) is 0 Å². The van der Waals surface area contributed by atoms with Gasteiger partial charge in [-0.1, -0.05) is 36.2 Å². The highest BCUT2D eigenvalue weighted by atomic mass is 35.5. The Hall–Kier alpha value is -1.45. The Labute approximate surface area is 159 Å². The maximum Gasteiger partial charge on any atom is 0.258 e. The smallest absolute Gasteiger partial charge is 0.258 e. The second-order valence-electron chi connectivity index (χ2n) is 7.02. The molecule has 1 fully saturated rings. The van der Waals surface area contributed by atoms with Crippen LogP contribution in [0.25, 0.3) is 0 Å². The zero-order chi connectivity index (χ0) is 18.1. The Kier molecular flexibility index (Phi) is 5.45. The summed E-state index contributed by atoms with van der Waals surface area (Å²) >= 11 is 12.4. The average Bonchev–Trinajstić information content (AvgIpc) is 3.05. The van der Waals surface area contributed by atoms with Crippen molar-refractivity contribution in [2.24, 2.45) is 5.92 Å². The Morgan fingerprint density at radius 2 is 1.76 bits per heavy atom.